The molecule has 2 bridgehead atoms. The van der Waals surface area contributed by atoms with Gasteiger partial charge in [0.25, 0.3) is 0 Å². The summed E-state index contributed by atoms with van der Waals surface area (Å²) in [6.07, 6.45) is 8.17. The van der Waals surface area contributed by atoms with Gasteiger partial charge < -0.3 is 15.2 Å². The van der Waals surface area contributed by atoms with Crippen LogP contribution in [0.4, 0.5) is 0 Å². The van der Waals surface area contributed by atoms with E-state index in [0.717, 1.165) is 56.2 Å². The van der Waals surface area contributed by atoms with Crippen LogP contribution >= 0.6 is 0 Å². The highest BCUT2D eigenvalue weighted by Crippen LogP contribution is 2.44. The van der Waals surface area contributed by atoms with Crippen LogP contribution in [0.15, 0.2) is 54.6 Å². The average Bonchev–Trinajstić information content (AvgIpc) is 3.29. The molecule has 2 saturated carbocycles. The summed E-state index contributed by atoms with van der Waals surface area (Å²) in [7, 11) is 0. The van der Waals surface area contributed by atoms with Gasteiger partial charge in [-0.2, -0.15) is 0 Å². The molecule has 176 valence electrons. The zero-order valence-electron chi connectivity index (χ0n) is 19.7. The molecular formula is C29H37NO3. The quantitative estimate of drug-likeness (QED) is 0.467. The Hall–Kier alpha value is -2.17. The maximum absolute atomic E-state index is 14.0. The van der Waals surface area contributed by atoms with Crippen molar-refractivity contribution in [3.05, 3.63) is 71.3 Å². The Morgan fingerprint density at radius 2 is 1.67 bits per heavy atom. The fraction of sp³-hybridized carbons (Fsp3) is 0.552. The predicted molar refractivity (Wildman–Crippen MR) is 130 cm³/mol. The number of aliphatic hydroxyl groups is 1. The van der Waals surface area contributed by atoms with E-state index in [4.69, 9.17) is 4.74 Å². The number of ether oxygens (including phenoxy) is 1. The molecule has 2 aromatic rings. The van der Waals surface area contributed by atoms with Gasteiger partial charge in [-0.1, -0.05) is 87.2 Å². The van der Waals surface area contributed by atoms with Gasteiger partial charge in [-0.25, -0.2) is 4.79 Å². The Bertz CT molecular complexity index is 932. The van der Waals surface area contributed by atoms with Crippen molar-refractivity contribution in [2.45, 2.75) is 82.0 Å². The molecule has 0 amide bonds. The minimum Gasteiger partial charge on any atom is -0.458 e. The van der Waals surface area contributed by atoms with E-state index < -0.39 is 11.6 Å². The third-order valence-electron chi connectivity index (χ3n) is 8.49. The number of nitrogens with one attached hydrogen (secondary N) is 1. The number of hydrogen-bond acceptors (Lipinski definition) is 4. The first-order chi connectivity index (χ1) is 16.1. The lowest BCUT2D eigenvalue weighted by Gasteiger charge is -2.37. The Balaban J connectivity index is 1.54. The van der Waals surface area contributed by atoms with Crippen molar-refractivity contribution in [2.24, 2.45) is 11.8 Å². The van der Waals surface area contributed by atoms with Gasteiger partial charge in [0.15, 0.2) is 5.60 Å². The van der Waals surface area contributed by atoms with Crippen LogP contribution in [0.1, 0.15) is 80.9 Å². The van der Waals surface area contributed by atoms with Gasteiger partial charge in [-0.15, -0.1) is 0 Å². The maximum atomic E-state index is 14.0. The molecule has 2 aromatic carbocycles. The van der Waals surface area contributed by atoms with Crippen molar-refractivity contribution in [1.29, 1.82) is 0 Å². The Kier molecular flexibility index (Phi) is 6.58. The molecule has 1 aliphatic heterocycles. The molecule has 0 spiro atoms. The molecule has 0 aromatic heterocycles. The summed E-state index contributed by atoms with van der Waals surface area (Å²) in [6.45, 7) is 3.07. The summed E-state index contributed by atoms with van der Waals surface area (Å²) in [6, 6.07) is 18.6. The number of piperidine rings is 1. The zero-order valence-corrected chi connectivity index (χ0v) is 19.7. The summed E-state index contributed by atoms with van der Waals surface area (Å²) in [5, 5.41) is 15.9. The molecule has 2 N–H and O–H groups in total. The normalized spacial score (nSPS) is 28.1. The number of hydrogen-bond donors (Lipinski definition) is 2. The van der Waals surface area contributed by atoms with Crippen LogP contribution in [0.3, 0.4) is 0 Å². The second-order valence-corrected chi connectivity index (χ2v) is 10.4. The molecule has 0 radical (unpaired) electrons. The van der Waals surface area contributed by atoms with E-state index >= 15 is 0 Å². The lowest BCUT2D eigenvalue weighted by Crippen LogP contribution is -2.47. The molecule has 3 aliphatic rings. The third kappa shape index (κ3) is 4.24. The molecule has 2 aliphatic carbocycles. The van der Waals surface area contributed by atoms with Crippen LogP contribution in [0, 0.1) is 11.8 Å². The van der Waals surface area contributed by atoms with E-state index in [9.17, 15) is 9.90 Å². The first kappa shape index (κ1) is 22.6. The molecule has 4 nitrogen and oxygen atoms in total. The van der Waals surface area contributed by atoms with E-state index in [2.05, 4.69) is 30.4 Å². The number of carbonyl (C=O) groups excluding carboxylic acids is 1. The second kappa shape index (κ2) is 9.60. The van der Waals surface area contributed by atoms with E-state index in [1.54, 1.807) is 0 Å². The van der Waals surface area contributed by atoms with Crippen LogP contribution in [0.5, 0.6) is 0 Å². The van der Waals surface area contributed by atoms with Crippen LogP contribution in [0.25, 0.3) is 0 Å². The highest BCUT2D eigenvalue weighted by Gasteiger charge is 2.52. The van der Waals surface area contributed by atoms with Crippen LogP contribution in [-0.4, -0.2) is 29.8 Å². The Morgan fingerprint density at radius 1 is 0.970 bits per heavy atom. The molecule has 1 heterocycles. The predicted octanol–water partition coefficient (Wildman–Crippen LogP) is 5.29. The number of rotatable bonds is 6. The van der Waals surface area contributed by atoms with Crippen molar-refractivity contribution < 1.29 is 14.6 Å². The summed E-state index contributed by atoms with van der Waals surface area (Å²) in [4.78, 5) is 14.0. The van der Waals surface area contributed by atoms with E-state index in [1.807, 2.05) is 36.4 Å². The van der Waals surface area contributed by atoms with E-state index in [1.165, 1.54) is 18.4 Å². The van der Waals surface area contributed by atoms with Gasteiger partial charge >= 0.3 is 5.97 Å². The molecule has 4 heteroatoms. The van der Waals surface area contributed by atoms with Gasteiger partial charge in [0.1, 0.15) is 6.10 Å². The van der Waals surface area contributed by atoms with Crippen LogP contribution in [-0.2, 0) is 15.1 Å². The molecule has 33 heavy (non-hydrogen) atoms. The Labute approximate surface area is 197 Å². The molecule has 1 saturated heterocycles. The molecule has 4 unspecified atom stereocenters. The van der Waals surface area contributed by atoms with Gasteiger partial charge in [0.2, 0.25) is 0 Å². The monoisotopic (exact) mass is 447 g/mol. The van der Waals surface area contributed by atoms with Gasteiger partial charge in [-0.05, 0) is 42.4 Å². The maximum Gasteiger partial charge on any atom is 0.343 e. The number of esters is 1. The first-order valence-corrected chi connectivity index (χ1v) is 12.9. The third-order valence-corrected chi connectivity index (χ3v) is 8.49. The average molecular weight is 448 g/mol. The van der Waals surface area contributed by atoms with Crippen molar-refractivity contribution in [1.82, 2.24) is 5.32 Å². The highest BCUT2D eigenvalue weighted by molar-refractivity contribution is 5.82. The smallest absolute Gasteiger partial charge is 0.343 e. The fourth-order valence-corrected chi connectivity index (χ4v) is 6.52. The van der Waals surface area contributed by atoms with Gasteiger partial charge in [0.05, 0.1) is 0 Å². The van der Waals surface area contributed by atoms with Crippen molar-refractivity contribution in [2.75, 3.05) is 6.54 Å². The molecule has 3 fully saturated rings. The minimum atomic E-state index is -1.62. The minimum absolute atomic E-state index is 0.0665. The first-order valence-electron chi connectivity index (χ1n) is 12.9. The number of carbonyl (C=O) groups is 1. The van der Waals surface area contributed by atoms with E-state index in [-0.39, 0.29) is 24.0 Å². The van der Waals surface area contributed by atoms with E-state index in [0.29, 0.717) is 5.92 Å². The molecular weight excluding hydrogens is 410 g/mol. The largest absolute Gasteiger partial charge is 0.458 e. The van der Waals surface area contributed by atoms with Crippen LogP contribution in [0.2, 0.25) is 0 Å². The fourth-order valence-electron chi connectivity index (χ4n) is 6.52. The molecule has 5 atom stereocenters. The zero-order chi connectivity index (χ0) is 22.8. The summed E-state index contributed by atoms with van der Waals surface area (Å²) in [5.41, 5.74) is 1.31. The summed E-state index contributed by atoms with van der Waals surface area (Å²) >= 11 is 0. The lowest BCUT2D eigenvalue weighted by molar-refractivity contribution is -0.181. The lowest BCUT2D eigenvalue weighted by atomic mass is 9.73. The van der Waals surface area contributed by atoms with Gasteiger partial charge in [-0.3, -0.25) is 0 Å². The summed E-state index contributed by atoms with van der Waals surface area (Å²) in [5.74, 6) is -0.121. The second-order valence-electron chi connectivity index (χ2n) is 10.4. The standard InChI is InChI=1S/C29H37NO3/c1-20(21-11-5-4-6-12-21)24-15-9-10-16-25(24)29(32,23-13-7-2-3-8-14-23)28(31)33-27-22-17-18-26(27)30-19-22/h4-6,9-12,15-16,20,22-23,26-27,30,32H,2-3,7-8,13-14,17-19H2,1H3/t20-,22?,26?,27?,29?/m0/s1. The van der Waals surface area contributed by atoms with Crippen molar-refractivity contribution >= 4 is 5.97 Å². The van der Waals surface area contributed by atoms with Crippen molar-refractivity contribution in [3.63, 3.8) is 0 Å². The molecule has 5 rings (SSSR count). The van der Waals surface area contributed by atoms with Crippen molar-refractivity contribution in [3.8, 4) is 0 Å². The number of fused-ring (bicyclic) bond motifs is 2. The van der Waals surface area contributed by atoms with Gasteiger partial charge in [0, 0.05) is 30.3 Å². The number of benzene rings is 2. The van der Waals surface area contributed by atoms with Crippen LogP contribution < -0.4 is 5.32 Å². The topological polar surface area (TPSA) is 58.6 Å². The highest BCUT2D eigenvalue weighted by atomic mass is 16.6. The Morgan fingerprint density at radius 3 is 2.30 bits per heavy atom. The SMILES string of the molecule is C[C@@H](c1ccccc1)c1ccccc1C(O)(C(=O)OC1C2CCC1NC2)C1CCCCCC1. The summed E-state index contributed by atoms with van der Waals surface area (Å²) < 4.78 is 6.20.